The van der Waals surface area contributed by atoms with Crippen molar-refractivity contribution in [2.45, 2.75) is 0 Å². The van der Waals surface area contributed by atoms with E-state index >= 15 is 0 Å². The van der Waals surface area contributed by atoms with Crippen LogP contribution in [0.1, 0.15) is 5.56 Å². The fourth-order valence-electron chi connectivity index (χ4n) is 0.739. The molecule has 0 saturated carbocycles. The van der Waals surface area contributed by atoms with E-state index in [9.17, 15) is 12.3 Å². The molecule has 0 radical (unpaired) electrons. The molecule has 1 aromatic rings. The van der Waals surface area contributed by atoms with Gasteiger partial charge in [0.25, 0.3) is 0 Å². The summed E-state index contributed by atoms with van der Waals surface area (Å²) in [6, 6.07) is 2.71. The summed E-state index contributed by atoms with van der Waals surface area (Å²) in [6.07, 6.45) is 1.04. The minimum Gasteiger partial charge on any atom is -0.224 e. The zero-order chi connectivity index (χ0) is 10.8. The summed E-state index contributed by atoms with van der Waals surface area (Å²) in [5, 5.41) is 0.622. The minimum absolute atomic E-state index is 0.105. The molecule has 1 aromatic heterocycles. The number of halogens is 3. The van der Waals surface area contributed by atoms with Crippen LogP contribution in [-0.2, 0) is 10.2 Å². The van der Waals surface area contributed by atoms with Gasteiger partial charge < -0.3 is 0 Å². The molecule has 1 rings (SSSR count). The molecule has 0 aromatic carbocycles. The molecule has 0 atom stereocenters. The first-order chi connectivity index (χ1) is 6.37. The third-order valence-electron chi connectivity index (χ3n) is 1.21. The molecule has 0 bridgehead atoms. The lowest BCUT2D eigenvalue weighted by atomic mass is 10.3. The summed E-state index contributed by atoms with van der Waals surface area (Å²) in [5.41, 5.74) is 0.358. The summed E-state index contributed by atoms with van der Waals surface area (Å²) in [5.74, 6) is 0. The summed E-state index contributed by atoms with van der Waals surface area (Å²) in [7, 11) is -4.64. The van der Waals surface area contributed by atoms with Crippen LogP contribution in [0.5, 0.6) is 0 Å². The quantitative estimate of drug-likeness (QED) is 0.603. The van der Waals surface area contributed by atoms with Gasteiger partial charge in [-0.25, -0.2) is 4.98 Å². The molecule has 0 fully saturated rings. The lowest BCUT2D eigenvalue weighted by Gasteiger charge is -1.95. The third kappa shape index (κ3) is 4.04. The van der Waals surface area contributed by atoms with Gasteiger partial charge in [-0.2, -0.15) is 8.42 Å². The van der Waals surface area contributed by atoms with E-state index < -0.39 is 10.2 Å². The molecule has 0 aliphatic heterocycles. The molecule has 76 valence electrons. The molecule has 0 unspecified atom stereocenters. The second-order valence-electron chi connectivity index (χ2n) is 2.32. The van der Waals surface area contributed by atoms with Crippen LogP contribution in [-0.4, -0.2) is 13.4 Å². The molecule has 14 heavy (non-hydrogen) atoms. The molecule has 1 heterocycles. The number of hydrogen-bond acceptors (Lipinski definition) is 3. The van der Waals surface area contributed by atoms with E-state index in [1.807, 2.05) is 0 Å². The topological polar surface area (TPSA) is 47.0 Å². The first-order valence-electron chi connectivity index (χ1n) is 3.33. The number of nitrogens with zero attached hydrogens (tertiary/aromatic N) is 1. The predicted molar refractivity (Wildman–Crippen MR) is 53.3 cm³/mol. The summed E-state index contributed by atoms with van der Waals surface area (Å²) >= 11 is 11.1. The zero-order valence-corrected chi connectivity index (χ0v) is 8.94. The molecular formula is C7H4Cl2FNO2S. The molecular weight excluding hydrogens is 252 g/mol. The van der Waals surface area contributed by atoms with Gasteiger partial charge in [0.15, 0.2) is 0 Å². The van der Waals surface area contributed by atoms with E-state index in [0.717, 1.165) is 6.08 Å². The number of hydrogen-bond donors (Lipinski definition) is 0. The highest BCUT2D eigenvalue weighted by Crippen LogP contribution is 2.16. The monoisotopic (exact) mass is 255 g/mol. The van der Waals surface area contributed by atoms with Crippen molar-refractivity contribution in [3.05, 3.63) is 33.4 Å². The minimum atomic E-state index is -4.64. The van der Waals surface area contributed by atoms with Gasteiger partial charge in [-0.1, -0.05) is 23.2 Å². The van der Waals surface area contributed by atoms with Crippen LogP contribution in [0.25, 0.3) is 6.08 Å². The van der Waals surface area contributed by atoms with Crippen LogP contribution in [0, 0.1) is 0 Å². The maximum Gasteiger partial charge on any atom is 0.325 e. The van der Waals surface area contributed by atoms with E-state index in [2.05, 4.69) is 4.98 Å². The number of aromatic nitrogens is 1. The van der Waals surface area contributed by atoms with Crippen LogP contribution < -0.4 is 0 Å². The van der Waals surface area contributed by atoms with Gasteiger partial charge in [0.05, 0.1) is 5.41 Å². The Hall–Kier alpha value is -0.650. The summed E-state index contributed by atoms with van der Waals surface area (Å²) < 4.78 is 32.4. The Kier molecular flexibility index (Phi) is 3.47. The van der Waals surface area contributed by atoms with E-state index in [-0.39, 0.29) is 10.3 Å². The van der Waals surface area contributed by atoms with Crippen molar-refractivity contribution in [3.8, 4) is 0 Å². The maximum atomic E-state index is 12.1. The lowest BCUT2D eigenvalue weighted by molar-refractivity contribution is 0.563. The largest absolute Gasteiger partial charge is 0.325 e. The molecule has 7 heteroatoms. The Morgan fingerprint density at radius 3 is 2.21 bits per heavy atom. The Labute approximate surface area is 90.4 Å². The van der Waals surface area contributed by atoms with Crippen LogP contribution in [0.4, 0.5) is 3.89 Å². The summed E-state index contributed by atoms with van der Waals surface area (Å²) in [6.45, 7) is 0. The van der Waals surface area contributed by atoms with Crippen molar-refractivity contribution in [1.82, 2.24) is 4.98 Å². The fourth-order valence-corrected chi connectivity index (χ4v) is 1.54. The standard InChI is InChI=1S/C7H4Cl2FNO2S/c8-6-3-5(4-7(9)11-6)1-2-14(10,12)13/h1-4H. The molecule has 0 spiro atoms. The van der Waals surface area contributed by atoms with Gasteiger partial charge in [0, 0.05) is 0 Å². The van der Waals surface area contributed by atoms with Crippen molar-refractivity contribution in [1.29, 1.82) is 0 Å². The molecule has 0 aliphatic rings. The molecule has 0 amide bonds. The predicted octanol–water partition coefficient (Wildman–Crippen LogP) is 2.66. The van der Waals surface area contributed by atoms with E-state index in [1.54, 1.807) is 0 Å². The molecule has 0 N–H and O–H groups in total. The first-order valence-corrected chi connectivity index (χ1v) is 5.53. The Morgan fingerprint density at radius 2 is 1.79 bits per heavy atom. The average Bonchev–Trinajstić information content (AvgIpc) is 1.97. The van der Waals surface area contributed by atoms with Gasteiger partial charge in [-0.3, -0.25) is 0 Å². The molecule has 0 aliphatic carbocycles. The van der Waals surface area contributed by atoms with Crippen molar-refractivity contribution in [2.24, 2.45) is 0 Å². The van der Waals surface area contributed by atoms with Crippen molar-refractivity contribution >= 4 is 39.5 Å². The van der Waals surface area contributed by atoms with Crippen LogP contribution in [0.2, 0.25) is 10.3 Å². The molecule has 0 saturated heterocycles. The lowest BCUT2D eigenvalue weighted by Crippen LogP contribution is -1.83. The Morgan fingerprint density at radius 1 is 1.29 bits per heavy atom. The molecule has 3 nitrogen and oxygen atoms in total. The van der Waals surface area contributed by atoms with E-state index in [4.69, 9.17) is 23.2 Å². The van der Waals surface area contributed by atoms with Gasteiger partial charge in [-0.05, 0) is 23.8 Å². The van der Waals surface area contributed by atoms with Gasteiger partial charge in [0.1, 0.15) is 10.3 Å². The van der Waals surface area contributed by atoms with Crippen molar-refractivity contribution in [2.75, 3.05) is 0 Å². The highest BCUT2D eigenvalue weighted by molar-refractivity contribution is 7.89. The smallest absolute Gasteiger partial charge is 0.224 e. The van der Waals surface area contributed by atoms with Crippen molar-refractivity contribution in [3.63, 3.8) is 0 Å². The fraction of sp³-hybridized carbons (Fsp3) is 0. The normalized spacial score (nSPS) is 12.2. The zero-order valence-electron chi connectivity index (χ0n) is 6.62. The highest BCUT2D eigenvalue weighted by atomic mass is 35.5. The second-order valence-corrected chi connectivity index (χ2v) is 4.32. The maximum absolute atomic E-state index is 12.1. The number of rotatable bonds is 2. The second kappa shape index (κ2) is 4.25. The first kappa shape index (κ1) is 11.4. The number of pyridine rings is 1. The van der Waals surface area contributed by atoms with Crippen LogP contribution in [0.3, 0.4) is 0 Å². The van der Waals surface area contributed by atoms with Gasteiger partial charge in [-0.15, -0.1) is 3.89 Å². The Bertz CT molecular complexity index is 452. The van der Waals surface area contributed by atoms with E-state index in [1.165, 1.54) is 12.1 Å². The van der Waals surface area contributed by atoms with Gasteiger partial charge >= 0.3 is 10.2 Å². The Balaban J connectivity index is 3.04. The van der Waals surface area contributed by atoms with Crippen molar-refractivity contribution < 1.29 is 12.3 Å². The highest BCUT2D eigenvalue weighted by Gasteiger charge is 2.00. The third-order valence-corrected chi connectivity index (χ3v) is 2.06. The van der Waals surface area contributed by atoms with Crippen LogP contribution in [0.15, 0.2) is 17.5 Å². The van der Waals surface area contributed by atoms with Gasteiger partial charge in [0.2, 0.25) is 0 Å². The van der Waals surface area contributed by atoms with E-state index in [0.29, 0.717) is 11.0 Å². The SMILES string of the molecule is O=S(=O)(F)C=Cc1cc(Cl)nc(Cl)c1. The van der Waals surface area contributed by atoms with Crippen LogP contribution >= 0.6 is 23.2 Å². The average molecular weight is 256 g/mol. The summed E-state index contributed by atoms with van der Waals surface area (Å²) in [4.78, 5) is 3.63.